The molecule has 1 atom stereocenters. The van der Waals surface area contributed by atoms with E-state index in [1.165, 1.54) is 24.9 Å². The van der Waals surface area contributed by atoms with Gasteiger partial charge >= 0.3 is 0 Å². The highest BCUT2D eigenvalue weighted by Gasteiger charge is 2.16. The highest BCUT2D eigenvalue weighted by atomic mass is 32.2. The zero-order valence-electron chi connectivity index (χ0n) is 10.8. The first kappa shape index (κ1) is 13.7. The molecule has 0 saturated carbocycles. The van der Waals surface area contributed by atoms with Crippen molar-refractivity contribution < 1.29 is 0 Å². The third-order valence-electron chi connectivity index (χ3n) is 3.53. The predicted octanol–water partition coefficient (Wildman–Crippen LogP) is 3.04. The number of anilines is 1. The van der Waals surface area contributed by atoms with Crippen molar-refractivity contribution >= 4 is 34.7 Å². The summed E-state index contributed by atoms with van der Waals surface area (Å²) in [7, 11) is 0. The zero-order valence-corrected chi connectivity index (χ0v) is 12.4. The van der Waals surface area contributed by atoms with Crippen LogP contribution in [-0.2, 0) is 0 Å². The fourth-order valence-electron chi connectivity index (χ4n) is 2.40. The molecule has 2 rings (SSSR count). The first-order chi connectivity index (χ1) is 8.70. The predicted molar refractivity (Wildman–Crippen MR) is 85.7 cm³/mol. The summed E-state index contributed by atoms with van der Waals surface area (Å²) in [4.78, 5) is 2.94. The largest absolute Gasteiger partial charge is 0.389 e. The molecule has 1 aliphatic heterocycles. The monoisotopic (exact) mass is 280 g/mol. The molecule has 1 aliphatic rings. The average molecular weight is 280 g/mol. The lowest BCUT2D eigenvalue weighted by Gasteiger charge is -2.23. The van der Waals surface area contributed by atoms with E-state index in [0.29, 0.717) is 4.99 Å². The van der Waals surface area contributed by atoms with Crippen LogP contribution >= 0.6 is 24.0 Å². The van der Waals surface area contributed by atoms with Gasteiger partial charge in [0.25, 0.3) is 0 Å². The minimum Gasteiger partial charge on any atom is -0.389 e. The molecule has 1 heterocycles. The third kappa shape index (κ3) is 3.39. The summed E-state index contributed by atoms with van der Waals surface area (Å²) in [6.45, 7) is 2.31. The molecule has 1 saturated heterocycles. The van der Waals surface area contributed by atoms with Crippen LogP contribution in [0.5, 0.6) is 0 Å². The van der Waals surface area contributed by atoms with Gasteiger partial charge in [0.05, 0.1) is 0 Å². The van der Waals surface area contributed by atoms with E-state index in [0.717, 1.165) is 23.9 Å². The maximum atomic E-state index is 5.62. The summed E-state index contributed by atoms with van der Waals surface area (Å²) < 4.78 is 0. The van der Waals surface area contributed by atoms with Crippen molar-refractivity contribution in [3.63, 3.8) is 0 Å². The molecule has 0 aliphatic carbocycles. The molecule has 2 N–H and O–H groups in total. The Morgan fingerprint density at radius 1 is 1.28 bits per heavy atom. The van der Waals surface area contributed by atoms with Gasteiger partial charge < -0.3 is 10.6 Å². The Morgan fingerprint density at radius 3 is 2.61 bits per heavy atom. The van der Waals surface area contributed by atoms with Gasteiger partial charge in [-0.1, -0.05) is 12.2 Å². The number of nitrogens with zero attached hydrogens (tertiary/aromatic N) is 1. The van der Waals surface area contributed by atoms with E-state index in [1.54, 1.807) is 0 Å². The summed E-state index contributed by atoms with van der Waals surface area (Å²) >= 11 is 6.98. The Labute approximate surface area is 119 Å². The van der Waals surface area contributed by atoms with E-state index >= 15 is 0 Å². The van der Waals surface area contributed by atoms with Gasteiger partial charge in [0.2, 0.25) is 0 Å². The van der Waals surface area contributed by atoms with Crippen LogP contribution in [0.4, 0.5) is 5.69 Å². The van der Waals surface area contributed by atoms with Crippen LogP contribution in [0, 0.1) is 0 Å². The van der Waals surface area contributed by atoms with Gasteiger partial charge in [-0.3, -0.25) is 0 Å². The van der Waals surface area contributed by atoms with Crippen LogP contribution in [0.1, 0.15) is 24.8 Å². The molecule has 2 nitrogen and oxygen atoms in total. The lowest BCUT2D eigenvalue weighted by Crippen LogP contribution is -2.24. The number of rotatable bonds is 3. The van der Waals surface area contributed by atoms with Crippen LogP contribution in [0.15, 0.2) is 24.3 Å². The first-order valence-electron chi connectivity index (χ1n) is 6.38. The molecular weight excluding hydrogens is 260 g/mol. The lowest BCUT2D eigenvalue weighted by atomic mass is 10.2. The van der Waals surface area contributed by atoms with Gasteiger partial charge in [-0.15, -0.1) is 0 Å². The molecule has 0 spiro atoms. The molecule has 0 radical (unpaired) electrons. The second kappa shape index (κ2) is 6.43. The topological polar surface area (TPSA) is 29.3 Å². The standard InChI is InChI=1S/C14H20N2S2/c1-18-13-3-2-9-16(10-8-13)12-6-4-11(5-7-12)14(15)17/h4-7,13H,2-3,8-10H2,1H3,(H2,15,17). The van der Waals surface area contributed by atoms with Crippen molar-refractivity contribution in [2.45, 2.75) is 24.5 Å². The van der Waals surface area contributed by atoms with Crippen molar-refractivity contribution in [2.75, 3.05) is 24.2 Å². The minimum atomic E-state index is 0.472. The number of nitrogens with two attached hydrogens (primary N) is 1. The van der Waals surface area contributed by atoms with E-state index in [4.69, 9.17) is 18.0 Å². The maximum Gasteiger partial charge on any atom is 0.103 e. The van der Waals surface area contributed by atoms with Crippen LogP contribution in [0.2, 0.25) is 0 Å². The molecule has 4 heteroatoms. The van der Waals surface area contributed by atoms with E-state index < -0.39 is 0 Å². The first-order valence-corrected chi connectivity index (χ1v) is 8.08. The molecule has 1 aromatic carbocycles. The third-order valence-corrected chi connectivity index (χ3v) is 4.90. The second-order valence-electron chi connectivity index (χ2n) is 4.69. The quantitative estimate of drug-likeness (QED) is 0.862. The summed E-state index contributed by atoms with van der Waals surface area (Å²) in [5.41, 5.74) is 7.86. The highest BCUT2D eigenvalue weighted by Crippen LogP contribution is 2.25. The molecule has 98 valence electrons. The van der Waals surface area contributed by atoms with Crippen molar-refractivity contribution in [1.82, 2.24) is 0 Å². The van der Waals surface area contributed by atoms with Gasteiger partial charge in [-0.2, -0.15) is 11.8 Å². The number of hydrogen-bond donors (Lipinski definition) is 1. The van der Waals surface area contributed by atoms with E-state index in [9.17, 15) is 0 Å². The molecule has 0 aromatic heterocycles. The Balaban J connectivity index is 2.04. The lowest BCUT2D eigenvalue weighted by molar-refractivity contribution is 0.745. The van der Waals surface area contributed by atoms with Crippen molar-refractivity contribution in [1.29, 1.82) is 0 Å². The summed E-state index contributed by atoms with van der Waals surface area (Å²) in [5, 5.41) is 0.825. The number of hydrogen-bond acceptors (Lipinski definition) is 3. The van der Waals surface area contributed by atoms with Gasteiger partial charge in [0.15, 0.2) is 0 Å². The SMILES string of the molecule is CSC1CCCN(c2ccc(C(N)=S)cc2)CC1. The number of benzene rings is 1. The number of thioether (sulfide) groups is 1. The maximum absolute atomic E-state index is 5.62. The Bertz CT molecular complexity index is 403. The van der Waals surface area contributed by atoms with Crippen LogP contribution < -0.4 is 10.6 Å². The summed E-state index contributed by atoms with van der Waals surface area (Å²) in [5.74, 6) is 0. The van der Waals surface area contributed by atoms with Crippen molar-refractivity contribution in [2.24, 2.45) is 5.73 Å². The Kier molecular flexibility index (Phi) is 4.89. The molecule has 1 aromatic rings. The smallest absolute Gasteiger partial charge is 0.103 e. The van der Waals surface area contributed by atoms with E-state index in [-0.39, 0.29) is 0 Å². The molecule has 1 fully saturated rings. The minimum absolute atomic E-state index is 0.472. The van der Waals surface area contributed by atoms with Crippen LogP contribution in [-0.4, -0.2) is 29.6 Å². The summed E-state index contributed by atoms with van der Waals surface area (Å²) in [6.07, 6.45) is 6.11. The highest BCUT2D eigenvalue weighted by molar-refractivity contribution is 7.99. The summed E-state index contributed by atoms with van der Waals surface area (Å²) in [6, 6.07) is 8.31. The van der Waals surface area contributed by atoms with Gasteiger partial charge in [0, 0.05) is 29.6 Å². The molecule has 18 heavy (non-hydrogen) atoms. The molecule has 0 amide bonds. The number of thiocarbonyl (C=S) groups is 1. The van der Waals surface area contributed by atoms with E-state index in [1.807, 2.05) is 23.9 Å². The molecule has 1 unspecified atom stereocenters. The Morgan fingerprint density at radius 2 is 2.00 bits per heavy atom. The van der Waals surface area contributed by atoms with Gasteiger partial charge in [0.1, 0.15) is 4.99 Å². The van der Waals surface area contributed by atoms with Crippen LogP contribution in [0.25, 0.3) is 0 Å². The second-order valence-corrected chi connectivity index (χ2v) is 6.26. The van der Waals surface area contributed by atoms with Crippen LogP contribution in [0.3, 0.4) is 0 Å². The van der Waals surface area contributed by atoms with Gasteiger partial charge in [-0.25, -0.2) is 0 Å². The van der Waals surface area contributed by atoms with Gasteiger partial charge in [-0.05, 0) is 49.8 Å². The van der Waals surface area contributed by atoms with Crippen molar-refractivity contribution in [3.8, 4) is 0 Å². The molecule has 0 bridgehead atoms. The Hall–Kier alpha value is -0.740. The van der Waals surface area contributed by atoms with E-state index in [2.05, 4.69) is 23.3 Å². The normalized spacial score (nSPS) is 20.5. The average Bonchev–Trinajstić information content (AvgIpc) is 2.64. The fourth-order valence-corrected chi connectivity index (χ4v) is 3.28. The molecular formula is C14H20N2S2. The zero-order chi connectivity index (χ0) is 13.0. The fraction of sp³-hybridized carbons (Fsp3) is 0.500. The van der Waals surface area contributed by atoms with Crippen molar-refractivity contribution in [3.05, 3.63) is 29.8 Å².